The number of carbonyl (C=O) groups is 1. The van der Waals surface area contributed by atoms with Gasteiger partial charge in [-0.15, -0.1) is 10.2 Å². The smallest absolute Gasteiger partial charge is 0.248 e. The highest BCUT2D eigenvalue weighted by molar-refractivity contribution is 5.77. The number of ether oxygens (including phenoxy) is 2. The van der Waals surface area contributed by atoms with Crippen molar-refractivity contribution in [1.29, 1.82) is 0 Å². The van der Waals surface area contributed by atoms with Crippen LogP contribution in [-0.2, 0) is 20.8 Å². The van der Waals surface area contributed by atoms with E-state index < -0.39 is 0 Å². The Morgan fingerprint density at radius 3 is 3.12 bits per heavy atom. The number of nitrogens with zero attached hydrogens (tertiary/aromatic N) is 4. The number of morpholine rings is 1. The fourth-order valence-corrected chi connectivity index (χ4v) is 3.60. The van der Waals surface area contributed by atoms with Crippen LogP contribution in [0.3, 0.4) is 0 Å². The number of hydrogen-bond donors (Lipinski definition) is 0. The second-order valence-corrected chi connectivity index (χ2v) is 6.88. The van der Waals surface area contributed by atoms with Gasteiger partial charge in [-0.1, -0.05) is 19.8 Å². The third kappa shape index (κ3) is 4.13. The van der Waals surface area contributed by atoms with Crippen LogP contribution in [0, 0.1) is 5.92 Å². The summed E-state index contributed by atoms with van der Waals surface area (Å²) in [5.41, 5.74) is 0. The first-order valence-electron chi connectivity index (χ1n) is 9.06. The molecule has 3 atom stereocenters. The predicted octanol–water partition coefficient (Wildman–Crippen LogP) is 1.79. The van der Waals surface area contributed by atoms with Crippen molar-refractivity contribution in [2.45, 2.75) is 58.3 Å². The van der Waals surface area contributed by atoms with Gasteiger partial charge in [0.05, 0.1) is 19.3 Å². The normalized spacial score (nSPS) is 28.1. The van der Waals surface area contributed by atoms with Gasteiger partial charge in [0.1, 0.15) is 19.0 Å². The van der Waals surface area contributed by atoms with E-state index in [1.807, 2.05) is 16.4 Å². The molecule has 1 amide bonds. The van der Waals surface area contributed by atoms with Gasteiger partial charge in [0.25, 0.3) is 0 Å². The molecule has 7 nitrogen and oxygen atoms in total. The molecule has 1 aliphatic heterocycles. The molecular formula is C17H28N4O3. The molecule has 2 aliphatic rings. The van der Waals surface area contributed by atoms with E-state index in [0.717, 1.165) is 25.2 Å². The summed E-state index contributed by atoms with van der Waals surface area (Å²) in [4.78, 5) is 14.3. The molecule has 0 N–H and O–H groups in total. The maximum atomic E-state index is 12.5. The van der Waals surface area contributed by atoms with E-state index >= 15 is 0 Å². The van der Waals surface area contributed by atoms with E-state index in [1.54, 1.807) is 6.33 Å². The van der Waals surface area contributed by atoms with Gasteiger partial charge in [0.2, 0.25) is 5.91 Å². The fraction of sp³-hybridized carbons (Fsp3) is 0.824. The van der Waals surface area contributed by atoms with Gasteiger partial charge in [-0.3, -0.25) is 4.79 Å². The van der Waals surface area contributed by atoms with Crippen LogP contribution in [0.4, 0.5) is 0 Å². The minimum Gasteiger partial charge on any atom is -0.368 e. The quantitative estimate of drug-likeness (QED) is 0.820. The largest absolute Gasteiger partial charge is 0.368 e. The summed E-state index contributed by atoms with van der Waals surface area (Å²) >= 11 is 0. The molecule has 0 unspecified atom stereocenters. The van der Waals surface area contributed by atoms with Gasteiger partial charge < -0.3 is 18.9 Å². The van der Waals surface area contributed by atoms with E-state index in [4.69, 9.17) is 9.47 Å². The molecule has 134 valence electrons. The summed E-state index contributed by atoms with van der Waals surface area (Å²) in [7, 11) is 0. The molecule has 0 spiro atoms. The molecule has 1 aromatic rings. The van der Waals surface area contributed by atoms with Gasteiger partial charge in [-0.2, -0.15) is 0 Å². The highest BCUT2D eigenvalue weighted by Gasteiger charge is 2.29. The summed E-state index contributed by atoms with van der Waals surface area (Å²) in [5.74, 6) is 1.54. The van der Waals surface area contributed by atoms with Crippen LogP contribution in [0.25, 0.3) is 0 Å². The van der Waals surface area contributed by atoms with Crippen LogP contribution >= 0.6 is 0 Å². The standard InChI is InChI=1S/C17H28N4O3/c1-3-20-12-18-19-17(20)15-10-21(7-8-23-15)16(22)11-24-14-6-4-5-13(2)9-14/h12-15H,3-11H2,1-2H3/t13-,14-,15+/m1/s1. The monoisotopic (exact) mass is 336 g/mol. The Morgan fingerprint density at radius 1 is 1.46 bits per heavy atom. The lowest BCUT2D eigenvalue weighted by Crippen LogP contribution is -2.45. The molecular weight excluding hydrogens is 308 g/mol. The summed E-state index contributed by atoms with van der Waals surface area (Å²) in [6.07, 6.45) is 6.34. The Kier molecular flexibility index (Phi) is 5.84. The fourth-order valence-electron chi connectivity index (χ4n) is 3.60. The lowest BCUT2D eigenvalue weighted by molar-refractivity contribution is -0.147. The van der Waals surface area contributed by atoms with Crippen LogP contribution < -0.4 is 0 Å². The molecule has 24 heavy (non-hydrogen) atoms. The SMILES string of the molecule is CCn1cnnc1[C@@H]1CN(C(=O)CO[C@@H]2CCC[C@@H](C)C2)CCO1. The van der Waals surface area contributed by atoms with Crippen LogP contribution in [0.2, 0.25) is 0 Å². The minimum absolute atomic E-state index is 0.0455. The number of amides is 1. The van der Waals surface area contributed by atoms with E-state index in [-0.39, 0.29) is 24.7 Å². The average molecular weight is 336 g/mol. The second kappa shape index (κ2) is 8.07. The highest BCUT2D eigenvalue weighted by Crippen LogP contribution is 2.26. The minimum atomic E-state index is -0.208. The zero-order valence-corrected chi connectivity index (χ0v) is 14.7. The molecule has 3 rings (SSSR count). The van der Waals surface area contributed by atoms with Crippen molar-refractivity contribution in [1.82, 2.24) is 19.7 Å². The van der Waals surface area contributed by atoms with E-state index in [1.165, 1.54) is 12.8 Å². The third-order valence-electron chi connectivity index (χ3n) is 5.02. The predicted molar refractivity (Wildman–Crippen MR) is 88.3 cm³/mol. The van der Waals surface area contributed by atoms with Gasteiger partial charge in [0.15, 0.2) is 5.82 Å². The van der Waals surface area contributed by atoms with E-state index in [0.29, 0.717) is 25.6 Å². The first-order chi connectivity index (χ1) is 11.7. The third-order valence-corrected chi connectivity index (χ3v) is 5.02. The van der Waals surface area contributed by atoms with Crippen molar-refractivity contribution < 1.29 is 14.3 Å². The first kappa shape index (κ1) is 17.4. The topological polar surface area (TPSA) is 69.5 Å². The zero-order chi connectivity index (χ0) is 16.9. The zero-order valence-electron chi connectivity index (χ0n) is 14.7. The molecule has 0 bridgehead atoms. The Labute approximate surface area is 143 Å². The van der Waals surface area contributed by atoms with Crippen molar-refractivity contribution in [3.63, 3.8) is 0 Å². The van der Waals surface area contributed by atoms with E-state index in [9.17, 15) is 4.79 Å². The van der Waals surface area contributed by atoms with Crippen LogP contribution in [0.5, 0.6) is 0 Å². The molecule has 2 fully saturated rings. The summed E-state index contributed by atoms with van der Waals surface area (Å²) in [6, 6.07) is 0. The number of aryl methyl sites for hydroxylation is 1. The van der Waals surface area contributed by atoms with Crippen LogP contribution in [-0.4, -0.2) is 58.0 Å². The molecule has 0 radical (unpaired) electrons. The van der Waals surface area contributed by atoms with Crippen LogP contribution in [0.1, 0.15) is 51.5 Å². The lowest BCUT2D eigenvalue weighted by atomic mass is 9.89. The van der Waals surface area contributed by atoms with Crippen molar-refractivity contribution in [2.24, 2.45) is 5.92 Å². The Balaban J connectivity index is 1.51. The highest BCUT2D eigenvalue weighted by atomic mass is 16.5. The van der Waals surface area contributed by atoms with Gasteiger partial charge in [0, 0.05) is 13.1 Å². The van der Waals surface area contributed by atoms with Gasteiger partial charge >= 0.3 is 0 Å². The molecule has 2 heterocycles. The van der Waals surface area contributed by atoms with Crippen molar-refractivity contribution in [2.75, 3.05) is 26.3 Å². The summed E-state index contributed by atoms with van der Waals surface area (Å²) in [6.45, 7) is 6.91. The van der Waals surface area contributed by atoms with Crippen molar-refractivity contribution in [3.05, 3.63) is 12.2 Å². The number of aromatic nitrogens is 3. The maximum Gasteiger partial charge on any atom is 0.248 e. The number of hydrogen-bond acceptors (Lipinski definition) is 5. The molecule has 1 aromatic heterocycles. The molecule has 1 aliphatic carbocycles. The molecule has 0 aromatic carbocycles. The molecule has 1 saturated heterocycles. The first-order valence-corrected chi connectivity index (χ1v) is 9.06. The second-order valence-electron chi connectivity index (χ2n) is 6.88. The average Bonchev–Trinajstić information content (AvgIpc) is 3.08. The Hall–Kier alpha value is -1.47. The number of rotatable bonds is 5. The van der Waals surface area contributed by atoms with Crippen LogP contribution in [0.15, 0.2) is 6.33 Å². The van der Waals surface area contributed by atoms with Crippen molar-refractivity contribution >= 4 is 5.91 Å². The molecule has 1 saturated carbocycles. The van der Waals surface area contributed by atoms with Crippen molar-refractivity contribution in [3.8, 4) is 0 Å². The summed E-state index contributed by atoms with van der Waals surface area (Å²) < 4.78 is 13.6. The lowest BCUT2D eigenvalue weighted by Gasteiger charge is -2.33. The number of carbonyl (C=O) groups excluding carboxylic acids is 1. The Bertz CT molecular complexity index is 548. The Morgan fingerprint density at radius 2 is 2.33 bits per heavy atom. The maximum absolute atomic E-state index is 12.5. The summed E-state index contributed by atoms with van der Waals surface area (Å²) in [5, 5.41) is 8.10. The van der Waals surface area contributed by atoms with Gasteiger partial charge in [-0.05, 0) is 25.7 Å². The van der Waals surface area contributed by atoms with E-state index in [2.05, 4.69) is 17.1 Å². The molecule has 7 heteroatoms. The van der Waals surface area contributed by atoms with Gasteiger partial charge in [-0.25, -0.2) is 0 Å².